The van der Waals surface area contributed by atoms with Crippen LogP contribution in [0.3, 0.4) is 0 Å². The van der Waals surface area contributed by atoms with Gasteiger partial charge < -0.3 is 9.64 Å². The van der Waals surface area contributed by atoms with E-state index in [2.05, 4.69) is 15.9 Å². The van der Waals surface area contributed by atoms with E-state index >= 15 is 0 Å². The summed E-state index contributed by atoms with van der Waals surface area (Å²) in [5.74, 6) is -0.543. The molecular weight excluding hydrogens is 310 g/mol. The monoisotopic (exact) mass is 327 g/mol. The van der Waals surface area contributed by atoms with Gasteiger partial charge in [-0.3, -0.25) is 9.59 Å². The molecule has 0 saturated carbocycles. The first-order chi connectivity index (χ1) is 9.10. The van der Waals surface area contributed by atoms with Crippen molar-refractivity contribution in [3.63, 3.8) is 0 Å². The summed E-state index contributed by atoms with van der Waals surface area (Å²) < 4.78 is 5.62. The zero-order valence-corrected chi connectivity index (χ0v) is 12.8. The van der Waals surface area contributed by atoms with Crippen molar-refractivity contribution < 1.29 is 14.3 Å². The van der Waals surface area contributed by atoms with Crippen molar-refractivity contribution in [3.05, 3.63) is 34.3 Å². The van der Waals surface area contributed by atoms with E-state index in [1.165, 1.54) is 4.90 Å². The van der Waals surface area contributed by atoms with Crippen LogP contribution in [0.25, 0.3) is 0 Å². The van der Waals surface area contributed by atoms with Crippen LogP contribution >= 0.6 is 15.9 Å². The van der Waals surface area contributed by atoms with Gasteiger partial charge in [-0.25, -0.2) is 0 Å². The third-order valence-corrected chi connectivity index (χ3v) is 3.20. The SMILES string of the molecule is CCCN(CC(=O)OCC)C(=O)c1ccccc1Br. The number of amides is 1. The number of hydrogen-bond acceptors (Lipinski definition) is 3. The van der Waals surface area contributed by atoms with Gasteiger partial charge in [0.15, 0.2) is 0 Å². The first-order valence-corrected chi connectivity index (χ1v) is 7.08. The van der Waals surface area contributed by atoms with Crippen molar-refractivity contribution in [2.75, 3.05) is 19.7 Å². The molecule has 1 aromatic carbocycles. The maximum Gasteiger partial charge on any atom is 0.325 e. The van der Waals surface area contributed by atoms with E-state index in [1.807, 2.05) is 19.1 Å². The smallest absolute Gasteiger partial charge is 0.325 e. The third-order valence-electron chi connectivity index (χ3n) is 2.51. The molecule has 0 radical (unpaired) electrons. The first kappa shape index (κ1) is 15.7. The van der Waals surface area contributed by atoms with Crippen molar-refractivity contribution in [1.29, 1.82) is 0 Å². The van der Waals surface area contributed by atoms with Crippen molar-refractivity contribution in [1.82, 2.24) is 4.90 Å². The Kier molecular flexibility index (Phi) is 6.56. The number of nitrogens with zero attached hydrogens (tertiary/aromatic N) is 1. The molecule has 0 spiro atoms. The van der Waals surface area contributed by atoms with E-state index < -0.39 is 0 Å². The van der Waals surface area contributed by atoms with Gasteiger partial charge in [0, 0.05) is 11.0 Å². The van der Waals surface area contributed by atoms with Gasteiger partial charge in [0.25, 0.3) is 5.91 Å². The molecule has 0 bridgehead atoms. The molecule has 0 unspecified atom stereocenters. The summed E-state index contributed by atoms with van der Waals surface area (Å²) in [6.45, 7) is 4.55. The van der Waals surface area contributed by atoms with E-state index in [9.17, 15) is 9.59 Å². The Morgan fingerprint density at radius 2 is 1.95 bits per heavy atom. The summed E-state index contributed by atoms with van der Waals surface area (Å²) in [5.41, 5.74) is 0.556. The molecule has 0 aliphatic carbocycles. The second-order valence-electron chi connectivity index (χ2n) is 4.01. The van der Waals surface area contributed by atoms with Crippen LogP contribution in [0.15, 0.2) is 28.7 Å². The van der Waals surface area contributed by atoms with Crippen molar-refractivity contribution >= 4 is 27.8 Å². The molecule has 0 N–H and O–H groups in total. The summed E-state index contributed by atoms with van der Waals surface area (Å²) >= 11 is 3.35. The lowest BCUT2D eigenvalue weighted by Crippen LogP contribution is -2.37. The maximum absolute atomic E-state index is 12.4. The van der Waals surface area contributed by atoms with E-state index in [1.54, 1.807) is 19.1 Å². The van der Waals surface area contributed by atoms with Gasteiger partial charge in [-0.05, 0) is 41.4 Å². The summed E-state index contributed by atoms with van der Waals surface area (Å²) in [7, 11) is 0. The zero-order chi connectivity index (χ0) is 14.3. The Balaban J connectivity index is 2.84. The number of hydrogen-bond donors (Lipinski definition) is 0. The molecule has 5 heteroatoms. The predicted molar refractivity (Wildman–Crippen MR) is 77.0 cm³/mol. The van der Waals surface area contributed by atoms with Crippen molar-refractivity contribution in [3.8, 4) is 0 Å². The quantitative estimate of drug-likeness (QED) is 0.755. The molecular formula is C14H18BrNO3. The molecule has 0 aliphatic rings. The molecule has 19 heavy (non-hydrogen) atoms. The second-order valence-corrected chi connectivity index (χ2v) is 4.87. The lowest BCUT2D eigenvalue weighted by atomic mass is 10.2. The number of esters is 1. The highest BCUT2D eigenvalue weighted by Gasteiger charge is 2.20. The van der Waals surface area contributed by atoms with Crippen LogP contribution in [0.2, 0.25) is 0 Å². The Bertz CT molecular complexity index is 448. The molecule has 0 atom stereocenters. The molecule has 104 valence electrons. The molecule has 1 amide bonds. The summed E-state index contributed by atoms with van der Waals surface area (Å²) in [4.78, 5) is 25.4. The number of rotatable bonds is 6. The van der Waals surface area contributed by atoms with Gasteiger partial charge in [0.1, 0.15) is 6.54 Å². The number of carbonyl (C=O) groups is 2. The van der Waals surface area contributed by atoms with Gasteiger partial charge in [-0.1, -0.05) is 19.1 Å². The molecule has 0 saturated heterocycles. The normalized spacial score (nSPS) is 10.1. The molecule has 0 fully saturated rings. The number of benzene rings is 1. The minimum Gasteiger partial charge on any atom is -0.465 e. The van der Waals surface area contributed by atoms with Gasteiger partial charge in [-0.2, -0.15) is 0 Å². The molecule has 1 aromatic rings. The van der Waals surface area contributed by atoms with E-state index in [0.717, 1.165) is 10.9 Å². The first-order valence-electron chi connectivity index (χ1n) is 6.29. The number of ether oxygens (including phenoxy) is 1. The Hall–Kier alpha value is -1.36. The lowest BCUT2D eigenvalue weighted by molar-refractivity contribution is -0.143. The van der Waals surface area contributed by atoms with Crippen LogP contribution < -0.4 is 0 Å². The molecule has 1 rings (SSSR count). The van der Waals surface area contributed by atoms with Crippen LogP contribution in [0.1, 0.15) is 30.6 Å². The highest BCUT2D eigenvalue weighted by atomic mass is 79.9. The molecule has 4 nitrogen and oxygen atoms in total. The van der Waals surface area contributed by atoms with E-state index in [0.29, 0.717) is 18.7 Å². The largest absolute Gasteiger partial charge is 0.465 e. The second kappa shape index (κ2) is 7.94. The Labute approximate surface area is 121 Å². The maximum atomic E-state index is 12.4. The number of carbonyl (C=O) groups excluding carboxylic acids is 2. The van der Waals surface area contributed by atoms with Gasteiger partial charge in [0.05, 0.1) is 12.2 Å². The minimum atomic E-state index is -0.378. The fourth-order valence-electron chi connectivity index (χ4n) is 1.69. The lowest BCUT2D eigenvalue weighted by Gasteiger charge is -2.21. The fourth-order valence-corrected chi connectivity index (χ4v) is 2.14. The van der Waals surface area contributed by atoms with Crippen molar-refractivity contribution in [2.45, 2.75) is 20.3 Å². The van der Waals surface area contributed by atoms with Crippen LogP contribution in [-0.2, 0) is 9.53 Å². The number of halogens is 1. The topological polar surface area (TPSA) is 46.6 Å². The summed E-state index contributed by atoms with van der Waals surface area (Å²) in [6, 6.07) is 7.19. The predicted octanol–water partition coefficient (Wildman–Crippen LogP) is 2.86. The average Bonchev–Trinajstić information content (AvgIpc) is 2.38. The van der Waals surface area contributed by atoms with Gasteiger partial charge in [-0.15, -0.1) is 0 Å². The molecule has 0 heterocycles. The Morgan fingerprint density at radius 3 is 2.53 bits per heavy atom. The molecule has 0 aromatic heterocycles. The van der Waals surface area contributed by atoms with Crippen LogP contribution in [0.4, 0.5) is 0 Å². The average molecular weight is 328 g/mol. The highest BCUT2D eigenvalue weighted by molar-refractivity contribution is 9.10. The molecule has 0 aliphatic heterocycles. The third kappa shape index (κ3) is 4.67. The van der Waals surface area contributed by atoms with Gasteiger partial charge in [0.2, 0.25) is 0 Å². The Morgan fingerprint density at radius 1 is 1.26 bits per heavy atom. The van der Waals surface area contributed by atoms with Crippen molar-refractivity contribution in [2.24, 2.45) is 0 Å². The highest BCUT2D eigenvalue weighted by Crippen LogP contribution is 2.18. The van der Waals surface area contributed by atoms with E-state index in [4.69, 9.17) is 4.74 Å². The zero-order valence-electron chi connectivity index (χ0n) is 11.2. The summed E-state index contributed by atoms with van der Waals surface area (Å²) in [5, 5.41) is 0. The van der Waals surface area contributed by atoms with Crippen LogP contribution in [-0.4, -0.2) is 36.5 Å². The van der Waals surface area contributed by atoms with Gasteiger partial charge >= 0.3 is 5.97 Å². The standard InChI is InChI=1S/C14H18BrNO3/c1-3-9-16(10-13(17)19-4-2)14(18)11-7-5-6-8-12(11)15/h5-8H,3-4,9-10H2,1-2H3. The minimum absolute atomic E-state index is 0.0121. The summed E-state index contributed by atoms with van der Waals surface area (Å²) in [6.07, 6.45) is 0.787. The fraction of sp³-hybridized carbons (Fsp3) is 0.429. The van der Waals surface area contributed by atoms with Crippen LogP contribution in [0.5, 0.6) is 0 Å². The van der Waals surface area contributed by atoms with Crippen LogP contribution in [0, 0.1) is 0 Å². The van der Waals surface area contributed by atoms with E-state index in [-0.39, 0.29) is 18.4 Å².